The molecule has 31 heavy (non-hydrogen) atoms. The van der Waals surface area contributed by atoms with Crippen LogP contribution < -0.4 is 5.32 Å². The summed E-state index contributed by atoms with van der Waals surface area (Å²) < 4.78 is 5.30. The van der Waals surface area contributed by atoms with Crippen LogP contribution in [-0.4, -0.2) is 53.5 Å². The molecule has 0 saturated carbocycles. The number of imidazole rings is 1. The number of ether oxygens (including phenoxy) is 1. The number of fused-ring (bicyclic) bond motifs is 1. The molecular weight excluding hydrogens is 416 g/mol. The van der Waals surface area contributed by atoms with E-state index in [4.69, 9.17) is 16.3 Å². The van der Waals surface area contributed by atoms with Crippen LogP contribution in [0.3, 0.4) is 0 Å². The summed E-state index contributed by atoms with van der Waals surface area (Å²) in [6.07, 6.45) is 2.08. The van der Waals surface area contributed by atoms with Gasteiger partial charge < -0.3 is 19.9 Å². The van der Waals surface area contributed by atoms with Crippen molar-refractivity contribution in [3.8, 4) is 0 Å². The van der Waals surface area contributed by atoms with E-state index < -0.39 is 6.04 Å². The van der Waals surface area contributed by atoms with Crippen molar-refractivity contribution in [2.24, 2.45) is 0 Å². The molecule has 8 heteroatoms. The maximum atomic E-state index is 12.9. The van der Waals surface area contributed by atoms with Crippen molar-refractivity contribution in [3.63, 3.8) is 0 Å². The van der Waals surface area contributed by atoms with E-state index in [0.29, 0.717) is 22.0 Å². The Balaban J connectivity index is 1.53. The topological polar surface area (TPSA) is 87.3 Å². The van der Waals surface area contributed by atoms with Crippen LogP contribution in [0.5, 0.6) is 0 Å². The van der Waals surface area contributed by atoms with Crippen LogP contribution in [0.25, 0.3) is 11.0 Å². The monoisotopic (exact) mass is 440 g/mol. The maximum absolute atomic E-state index is 12.9. The number of hydrogen-bond acceptors (Lipinski definition) is 4. The molecule has 1 unspecified atom stereocenters. The number of carbonyl (C=O) groups is 2. The molecule has 1 saturated heterocycles. The van der Waals surface area contributed by atoms with Crippen molar-refractivity contribution < 1.29 is 14.3 Å². The number of rotatable bonds is 6. The van der Waals surface area contributed by atoms with Crippen LogP contribution in [0.2, 0.25) is 5.02 Å². The minimum Gasteiger partial charge on any atom is -0.382 e. The zero-order valence-corrected chi connectivity index (χ0v) is 18.3. The quantitative estimate of drug-likeness (QED) is 0.609. The summed E-state index contributed by atoms with van der Waals surface area (Å²) in [5.74, 6) is 0.356. The Kier molecular flexibility index (Phi) is 6.25. The lowest BCUT2D eigenvalue weighted by molar-refractivity contribution is 0.0791. The maximum Gasteiger partial charge on any atom is 0.254 e. The van der Waals surface area contributed by atoms with Gasteiger partial charge in [-0.25, -0.2) is 4.98 Å². The first-order valence-electron chi connectivity index (χ1n) is 10.3. The number of aryl methyl sites for hydroxylation is 1. The summed E-state index contributed by atoms with van der Waals surface area (Å²) in [7, 11) is 1.57. The number of halogens is 1. The molecule has 1 fully saturated rings. The first kappa shape index (κ1) is 21.3. The van der Waals surface area contributed by atoms with Crippen molar-refractivity contribution >= 4 is 34.4 Å². The van der Waals surface area contributed by atoms with Gasteiger partial charge >= 0.3 is 0 Å². The molecule has 0 radical (unpaired) electrons. The van der Waals surface area contributed by atoms with Gasteiger partial charge in [-0.05, 0) is 61.7 Å². The molecule has 2 N–H and O–H groups in total. The fourth-order valence-corrected chi connectivity index (χ4v) is 4.07. The standard InChI is InChI=1S/C23H25ClN4O3/c1-14-11-15(5-7-17(14)23(30)28-9-3-4-10-28)22(29)27-20(13-31-2)21-25-18-8-6-16(24)12-19(18)26-21/h5-8,11-12,20H,3-4,9-10,13H2,1-2H3,(H,25,26)(H,27,29). The van der Waals surface area contributed by atoms with Crippen molar-refractivity contribution in [3.05, 3.63) is 63.9 Å². The second-order valence-corrected chi connectivity index (χ2v) is 8.23. The zero-order valence-electron chi connectivity index (χ0n) is 17.6. The molecule has 1 aliphatic rings. The van der Waals surface area contributed by atoms with Crippen LogP contribution in [0.4, 0.5) is 0 Å². The van der Waals surface area contributed by atoms with Crippen LogP contribution >= 0.6 is 11.6 Å². The third kappa shape index (κ3) is 4.57. The summed E-state index contributed by atoms with van der Waals surface area (Å²) in [6, 6.07) is 10.1. The molecule has 2 heterocycles. The number of nitrogens with one attached hydrogen (secondary N) is 2. The van der Waals surface area contributed by atoms with Gasteiger partial charge in [-0.15, -0.1) is 0 Å². The minimum absolute atomic E-state index is 0.0279. The van der Waals surface area contributed by atoms with Crippen LogP contribution in [0, 0.1) is 6.92 Å². The fraction of sp³-hybridized carbons (Fsp3) is 0.348. The van der Waals surface area contributed by atoms with Crippen molar-refractivity contribution in [1.29, 1.82) is 0 Å². The predicted molar refractivity (Wildman–Crippen MR) is 120 cm³/mol. The highest BCUT2D eigenvalue weighted by Crippen LogP contribution is 2.21. The summed E-state index contributed by atoms with van der Waals surface area (Å²) in [5.41, 5.74) is 3.46. The number of carbonyl (C=O) groups excluding carboxylic acids is 2. The smallest absolute Gasteiger partial charge is 0.254 e. The Morgan fingerprint density at radius 3 is 2.71 bits per heavy atom. The van der Waals surface area contributed by atoms with Gasteiger partial charge in [0.15, 0.2) is 0 Å². The minimum atomic E-state index is -0.463. The van der Waals surface area contributed by atoms with Crippen LogP contribution in [-0.2, 0) is 4.74 Å². The number of amides is 2. The van der Waals surface area contributed by atoms with Crippen LogP contribution in [0.15, 0.2) is 36.4 Å². The summed E-state index contributed by atoms with van der Waals surface area (Å²) in [6.45, 7) is 3.70. The molecule has 1 aliphatic heterocycles. The highest BCUT2D eigenvalue weighted by Gasteiger charge is 2.23. The summed E-state index contributed by atoms with van der Waals surface area (Å²) >= 11 is 6.06. The number of aromatic nitrogens is 2. The lowest BCUT2D eigenvalue weighted by atomic mass is 10.0. The normalized spacial score (nSPS) is 14.7. The van der Waals surface area contributed by atoms with E-state index in [0.717, 1.165) is 42.5 Å². The third-order valence-corrected chi connectivity index (χ3v) is 5.78. The Morgan fingerprint density at radius 2 is 2.00 bits per heavy atom. The molecule has 2 aromatic carbocycles. The molecule has 0 spiro atoms. The lowest BCUT2D eigenvalue weighted by Crippen LogP contribution is -2.32. The highest BCUT2D eigenvalue weighted by molar-refractivity contribution is 6.31. The summed E-state index contributed by atoms with van der Waals surface area (Å²) in [5, 5.41) is 3.58. The molecule has 0 bridgehead atoms. The fourth-order valence-electron chi connectivity index (χ4n) is 3.90. The van der Waals surface area contributed by atoms with Crippen molar-refractivity contribution in [1.82, 2.24) is 20.2 Å². The molecule has 0 aliphatic carbocycles. The highest BCUT2D eigenvalue weighted by atomic mass is 35.5. The predicted octanol–water partition coefficient (Wildman–Crippen LogP) is 3.88. The number of likely N-dealkylation sites (tertiary alicyclic amines) is 1. The number of aromatic amines is 1. The average molecular weight is 441 g/mol. The molecule has 162 valence electrons. The van der Waals surface area contributed by atoms with Gasteiger partial charge in [-0.2, -0.15) is 0 Å². The Labute approximate surface area is 185 Å². The Morgan fingerprint density at radius 1 is 1.23 bits per heavy atom. The lowest BCUT2D eigenvalue weighted by Gasteiger charge is -2.18. The SMILES string of the molecule is COCC(NC(=O)c1ccc(C(=O)N2CCCC2)c(C)c1)c1nc2ccc(Cl)cc2[nH]1. The first-order chi connectivity index (χ1) is 15.0. The van der Waals surface area contributed by atoms with Gasteiger partial charge in [-0.1, -0.05) is 11.6 Å². The van der Waals surface area contributed by atoms with Gasteiger partial charge in [0.2, 0.25) is 0 Å². The molecule has 1 aromatic heterocycles. The first-order valence-corrected chi connectivity index (χ1v) is 10.7. The molecule has 4 rings (SSSR count). The summed E-state index contributed by atoms with van der Waals surface area (Å²) in [4.78, 5) is 35.3. The Hall–Kier alpha value is -2.90. The molecule has 7 nitrogen and oxygen atoms in total. The number of nitrogens with zero attached hydrogens (tertiary/aromatic N) is 2. The van der Waals surface area contributed by atoms with Gasteiger partial charge in [0.05, 0.1) is 17.6 Å². The van der Waals surface area contributed by atoms with Gasteiger partial charge in [0.1, 0.15) is 11.9 Å². The van der Waals surface area contributed by atoms with E-state index in [1.54, 1.807) is 37.4 Å². The number of methoxy groups -OCH3 is 1. The average Bonchev–Trinajstić information content (AvgIpc) is 3.42. The van der Waals surface area contributed by atoms with Crippen molar-refractivity contribution in [2.45, 2.75) is 25.8 Å². The van der Waals surface area contributed by atoms with E-state index in [9.17, 15) is 9.59 Å². The second kappa shape index (κ2) is 9.08. The van der Waals surface area contributed by atoms with E-state index >= 15 is 0 Å². The van der Waals surface area contributed by atoms with E-state index in [-0.39, 0.29) is 18.4 Å². The van der Waals surface area contributed by atoms with Gasteiger partial charge in [-0.3, -0.25) is 9.59 Å². The Bertz CT molecular complexity index is 1120. The number of hydrogen-bond donors (Lipinski definition) is 2. The zero-order chi connectivity index (χ0) is 22.0. The molecule has 2 amide bonds. The van der Waals surface area contributed by atoms with E-state index in [2.05, 4.69) is 15.3 Å². The molecular formula is C23H25ClN4O3. The van der Waals surface area contributed by atoms with Gasteiger partial charge in [0.25, 0.3) is 11.8 Å². The van der Waals surface area contributed by atoms with Crippen LogP contribution in [0.1, 0.15) is 51.0 Å². The van der Waals surface area contributed by atoms with E-state index in [1.165, 1.54) is 0 Å². The molecule has 1 atom stereocenters. The largest absolute Gasteiger partial charge is 0.382 e. The van der Waals surface area contributed by atoms with Gasteiger partial charge in [0, 0.05) is 36.3 Å². The number of H-pyrrole nitrogens is 1. The van der Waals surface area contributed by atoms with E-state index in [1.807, 2.05) is 17.9 Å². The third-order valence-electron chi connectivity index (χ3n) is 5.54. The van der Waals surface area contributed by atoms with Crippen molar-refractivity contribution in [2.75, 3.05) is 26.8 Å². The molecule has 3 aromatic rings. The number of benzene rings is 2. The second-order valence-electron chi connectivity index (χ2n) is 7.79.